The summed E-state index contributed by atoms with van der Waals surface area (Å²) in [6, 6.07) is 10.9. The first kappa shape index (κ1) is 22.6. The Morgan fingerprint density at radius 3 is 2.16 bits per heavy atom. The highest BCUT2D eigenvalue weighted by Gasteiger charge is 2.39. The number of hydrogen-bond acceptors (Lipinski definition) is 5. The fraction of sp³-hybridized carbons (Fsp3) is 0.500. The molecule has 2 fully saturated rings. The van der Waals surface area contributed by atoms with Crippen molar-refractivity contribution in [3.8, 4) is 5.69 Å². The maximum absolute atomic E-state index is 13.0. The maximum Gasteiger partial charge on any atom is 0.338 e. The predicted molar refractivity (Wildman–Crippen MR) is 122 cm³/mol. The third-order valence-electron chi connectivity index (χ3n) is 6.57. The van der Waals surface area contributed by atoms with Crippen molar-refractivity contribution in [2.45, 2.75) is 58.0 Å². The first-order valence-electron chi connectivity index (χ1n) is 11.2. The molecule has 1 aliphatic heterocycles. The van der Waals surface area contributed by atoms with Crippen LogP contribution < -0.4 is 0 Å². The molecule has 1 aromatic carbocycles. The third kappa shape index (κ3) is 4.75. The van der Waals surface area contributed by atoms with Gasteiger partial charge in [0.05, 0.1) is 17.1 Å². The van der Waals surface area contributed by atoms with E-state index in [4.69, 9.17) is 4.74 Å². The van der Waals surface area contributed by atoms with Crippen molar-refractivity contribution in [2.24, 2.45) is 0 Å². The van der Waals surface area contributed by atoms with Gasteiger partial charge in [0.25, 0.3) is 5.91 Å². The summed E-state index contributed by atoms with van der Waals surface area (Å²) in [6.45, 7) is 3.67. The SMILES string of the molecule is Cc1ccc(C)n1-c1ccc(C(=O)OCC(=O)N(C2CCCC2)C2CCS(=O)(=O)C2)cc1. The van der Waals surface area contributed by atoms with Crippen LogP contribution in [0.25, 0.3) is 5.69 Å². The van der Waals surface area contributed by atoms with Crippen molar-refractivity contribution in [2.75, 3.05) is 18.1 Å². The van der Waals surface area contributed by atoms with Crippen LogP contribution in [0.1, 0.15) is 53.8 Å². The van der Waals surface area contributed by atoms with Gasteiger partial charge in [0.15, 0.2) is 16.4 Å². The summed E-state index contributed by atoms with van der Waals surface area (Å²) in [4.78, 5) is 27.3. The smallest absolute Gasteiger partial charge is 0.338 e. The molecule has 0 spiro atoms. The summed E-state index contributed by atoms with van der Waals surface area (Å²) < 4.78 is 31.4. The van der Waals surface area contributed by atoms with E-state index < -0.39 is 15.8 Å². The lowest BCUT2D eigenvalue weighted by Crippen LogP contribution is -2.48. The Balaban J connectivity index is 1.41. The number of aromatic nitrogens is 1. The number of aryl methyl sites for hydroxylation is 2. The highest BCUT2D eigenvalue weighted by molar-refractivity contribution is 7.91. The Kier molecular flexibility index (Phi) is 6.42. The molecule has 2 aliphatic rings. The fourth-order valence-corrected chi connectivity index (χ4v) is 6.70. The Bertz CT molecular complexity index is 1080. The third-order valence-corrected chi connectivity index (χ3v) is 8.32. The van der Waals surface area contributed by atoms with E-state index in [0.29, 0.717) is 12.0 Å². The van der Waals surface area contributed by atoms with E-state index in [0.717, 1.165) is 42.8 Å². The highest BCUT2D eigenvalue weighted by atomic mass is 32.2. The quantitative estimate of drug-likeness (QED) is 0.621. The molecule has 0 radical (unpaired) electrons. The van der Waals surface area contributed by atoms with Gasteiger partial charge in [-0.1, -0.05) is 12.8 Å². The van der Waals surface area contributed by atoms with Gasteiger partial charge in [0, 0.05) is 29.2 Å². The molecule has 1 aliphatic carbocycles. The van der Waals surface area contributed by atoms with Crippen molar-refractivity contribution in [3.05, 3.63) is 53.3 Å². The van der Waals surface area contributed by atoms with Crippen LogP contribution in [0, 0.1) is 13.8 Å². The summed E-state index contributed by atoms with van der Waals surface area (Å²) in [5.74, 6) is -0.748. The van der Waals surface area contributed by atoms with Gasteiger partial charge >= 0.3 is 5.97 Å². The van der Waals surface area contributed by atoms with Gasteiger partial charge in [-0.15, -0.1) is 0 Å². The van der Waals surface area contributed by atoms with Gasteiger partial charge in [-0.25, -0.2) is 13.2 Å². The molecule has 1 aromatic heterocycles. The lowest BCUT2D eigenvalue weighted by atomic mass is 10.1. The maximum atomic E-state index is 13.0. The molecule has 1 saturated heterocycles. The molecule has 1 atom stereocenters. The molecule has 1 saturated carbocycles. The number of ether oxygens (including phenoxy) is 1. The van der Waals surface area contributed by atoms with E-state index in [2.05, 4.69) is 4.57 Å². The van der Waals surface area contributed by atoms with Gasteiger partial charge in [-0.3, -0.25) is 4.79 Å². The summed E-state index contributed by atoms with van der Waals surface area (Å²) >= 11 is 0. The first-order valence-corrected chi connectivity index (χ1v) is 13.0. The predicted octanol–water partition coefficient (Wildman–Crippen LogP) is 3.21. The Labute approximate surface area is 189 Å². The molecular weight excluding hydrogens is 428 g/mol. The van der Waals surface area contributed by atoms with E-state index in [9.17, 15) is 18.0 Å². The number of carbonyl (C=O) groups excluding carboxylic acids is 2. The standard InChI is InChI=1S/C24H30N2O5S/c1-17-7-8-18(2)25(17)21-11-9-19(10-12-21)24(28)31-15-23(27)26(20-5-3-4-6-20)22-13-14-32(29,30)16-22/h7-12,20,22H,3-6,13-16H2,1-2H3. The highest BCUT2D eigenvalue weighted by Crippen LogP contribution is 2.29. The van der Waals surface area contributed by atoms with E-state index >= 15 is 0 Å². The van der Waals surface area contributed by atoms with Gasteiger partial charge in [0.2, 0.25) is 0 Å². The van der Waals surface area contributed by atoms with E-state index in [1.807, 2.05) is 38.1 Å². The molecular formula is C24H30N2O5S. The zero-order valence-electron chi connectivity index (χ0n) is 18.6. The van der Waals surface area contributed by atoms with Crippen LogP contribution >= 0.6 is 0 Å². The van der Waals surface area contributed by atoms with Crippen molar-refractivity contribution in [1.29, 1.82) is 0 Å². The molecule has 0 N–H and O–H groups in total. The number of hydrogen-bond donors (Lipinski definition) is 0. The van der Waals surface area contributed by atoms with Gasteiger partial charge in [-0.05, 0) is 69.5 Å². The lowest BCUT2D eigenvalue weighted by molar-refractivity contribution is -0.139. The molecule has 1 unspecified atom stereocenters. The summed E-state index contributed by atoms with van der Waals surface area (Å²) in [7, 11) is -3.11. The van der Waals surface area contributed by atoms with Crippen molar-refractivity contribution >= 4 is 21.7 Å². The number of rotatable bonds is 6. The number of carbonyl (C=O) groups is 2. The van der Waals surface area contributed by atoms with Crippen molar-refractivity contribution < 1.29 is 22.7 Å². The van der Waals surface area contributed by atoms with E-state index in [1.165, 1.54) is 0 Å². The molecule has 2 heterocycles. The van der Waals surface area contributed by atoms with Gasteiger partial charge in [0.1, 0.15) is 0 Å². The summed E-state index contributed by atoms with van der Waals surface area (Å²) in [5.41, 5.74) is 3.53. The normalized spacial score (nSPS) is 20.4. The van der Waals surface area contributed by atoms with Crippen LogP contribution in [-0.2, 0) is 19.4 Å². The largest absolute Gasteiger partial charge is 0.452 e. The second-order valence-electron chi connectivity index (χ2n) is 8.87. The molecule has 8 heteroatoms. The van der Waals surface area contributed by atoms with Crippen molar-refractivity contribution in [1.82, 2.24) is 9.47 Å². The number of benzene rings is 1. The lowest BCUT2D eigenvalue weighted by Gasteiger charge is -2.33. The molecule has 7 nitrogen and oxygen atoms in total. The van der Waals surface area contributed by atoms with Crippen LogP contribution in [0.3, 0.4) is 0 Å². The molecule has 32 heavy (non-hydrogen) atoms. The zero-order chi connectivity index (χ0) is 22.9. The Morgan fingerprint density at radius 2 is 1.59 bits per heavy atom. The van der Waals surface area contributed by atoms with Gasteiger partial charge < -0.3 is 14.2 Å². The minimum Gasteiger partial charge on any atom is -0.452 e. The van der Waals surface area contributed by atoms with Crippen LogP contribution in [0.4, 0.5) is 0 Å². The minimum absolute atomic E-state index is 0.00285. The van der Waals surface area contributed by atoms with Gasteiger partial charge in [-0.2, -0.15) is 0 Å². The summed E-state index contributed by atoms with van der Waals surface area (Å²) in [5, 5.41) is 0. The number of amides is 1. The average Bonchev–Trinajstić information content (AvgIpc) is 3.48. The number of sulfone groups is 1. The van der Waals surface area contributed by atoms with E-state index in [-0.39, 0.29) is 36.1 Å². The average molecular weight is 459 g/mol. The van der Waals surface area contributed by atoms with Crippen LogP contribution in [-0.4, -0.2) is 60.0 Å². The summed E-state index contributed by atoms with van der Waals surface area (Å²) in [6.07, 6.45) is 4.25. The molecule has 4 rings (SSSR count). The van der Waals surface area contributed by atoms with Crippen LogP contribution in [0.5, 0.6) is 0 Å². The molecule has 2 aromatic rings. The Morgan fingerprint density at radius 1 is 0.969 bits per heavy atom. The van der Waals surface area contributed by atoms with Crippen LogP contribution in [0.15, 0.2) is 36.4 Å². The monoisotopic (exact) mass is 458 g/mol. The minimum atomic E-state index is -3.11. The topological polar surface area (TPSA) is 85.7 Å². The van der Waals surface area contributed by atoms with Crippen molar-refractivity contribution in [3.63, 3.8) is 0 Å². The number of nitrogens with zero attached hydrogens (tertiary/aromatic N) is 2. The second kappa shape index (κ2) is 9.10. The zero-order valence-corrected chi connectivity index (χ0v) is 19.4. The first-order chi connectivity index (χ1) is 15.2. The molecule has 0 bridgehead atoms. The molecule has 1 amide bonds. The second-order valence-corrected chi connectivity index (χ2v) is 11.1. The molecule has 172 valence electrons. The van der Waals surface area contributed by atoms with Crippen LogP contribution in [0.2, 0.25) is 0 Å². The Hall–Kier alpha value is -2.61. The number of esters is 1. The fourth-order valence-electron chi connectivity index (χ4n) is 4.99. The van der Waals surface area contributed by atoms with E-state index in [1.54, 1.807) is 17.0 Å².